The molecular formula is C14H17F2N3S. The third kappa shape index (κ3) is 3.37. The molecule has 1 N–H and O–H groups in total. The minimum absolute atomic E-state index is 0.170. The van der Waals surface area contributed by atoms with Crippen molar-refractivity contribution in [2.24, 2.45) is 5.92 Å². The molecule has 2 rings (SSSR count). The Bertz CT molecular complexity index is 596. The maximum absolute atomic E-state index is 14.0. The lowest BCUT2D eigenvalue weighted by Crippen LogP contribution is -2.18. The van der Waals surface area contributed by atoms with Crippen molar-refractivity contribution in [3.05, 3.63) is 34.2 Å². The normalized spacial score (nSPS) is 11.3. The van der Waals surface area contributed by atoms with E-state index in [1.165, 1.54) is 30.6 Å². The maximum Gasteiger partial charge on any atom is 0.133 e. The zero-order chi connectivity index (χ0) is 14.7. The Labute approximate surface area is 121 Å². The molecule has 0 saturated carbocycles. The molecular weight excluding hydrogens is 280 g/mol. The van der Waals surface area contributed by atoms with E-state index in [2.05, 4.69) is 28.8 Å². The van der Waals surface area contributed by atoms with Crippen LogP contribution in [0.15, 0.2) is 12.1 Å². The SMILES string of the molecule is Cc1cc(F)c(-c2nnsc2CNCC(C)C)cc1F. The highest BCUT2D eigenvalue weighted by Gasteiger charge is 2.16. The topological polar surface area (TPSA) is 37.8 Å². The van der Waals surface area contributed by atoms with E-state index >= 15 is 0 Å². The van der Waals surface area contributed by atoms with Crippen LogP contribution in [0.25, 0.3) is 11.3 Å². The van der Waals surface area contributed by atoms with E-state index in [-0.39, 0.29) is 11.1 Å². The molecule has 20 heavy (non-hydrogen) atoms. The van der Waals surface area contributed by atoms with Gasteiger partial charge in [-0.3, -0.25) is 0 Å². The van der Waals surface area contributed by atoms with Gasteiger partial charge < -0.3 is 5.32 Å². The second kappa shape index (κ2) is 6.37. The molecule has 0 bridgehead atoms. The van der Waals surface area contributed by atoms with Crippen LogP contribution >= 0.6 is 11.5 Å². The van der Waals surface area contributed by atoms with Crippen LogP contribution in [0.1, 0.15) is 24.3 Å². The summed E-state index contributed by atoms with van der Waals surface area (Å²) in [4.78, 5) is 0.813. The van der Waals surface area contributed by atoms with Crippen molar-refractivity contribution in [3.8, 4) is 11.3 Å². The minimum Gasteiger partial charge on any atom is -0.311 e. The predicted octanol–water partition coefficient (Wildman–Crippen LogP) is 3.54. The van der Waals surface area contributed by atoms with Gasteiger partial charge >= 0.3 is 0 Å². The monoisotopic (exact) mass is 297 g/mol. The van der Waals surface area contributed by atoms with Crippen LogP contribution in [0.2, 0.25) is 0 Å². The molecule has 0 saturated heterocycles. The van der Waals surface area contributed by atoms with E-state index in [1.54, 1.807) is 0 Å². The molecule has 1 aromatic heterocycles. The number of nitrogens with one attached hydrogen (secondary N) is 1. The van der Waals surface area contributed by atoms with Gasteiger partial charge in [-0.1, -0.05) is 18.3 Å². The molecule has 3 nitrogen and oxygen atoms in total. The van der Waals surface area contributed by atoms with Gasteiger partial charge in [-0.05, 0) is 48.6 Å². The van der Waals surface area contributed by atoms with Gasteiger partial charge in [0.1, 0.15) is 17.3 Å². The summed E-state index contributed by atoms with van der Waals surface area (Å²) in [6, 6.07) is 2.38. The van der Waals surface area contributed by atoms with E-state index in [9.17, 15) is 8.78 Å². The first-order valence-electron chi connectivity index (χ1n) is 6.47. The standard InChI is InChI=1S/C14H17F2N3S/c1-8(2)6-17-7-13-14(18-19-20-13)10-5-11(15)9(3)4-12(10)16/h4-5,8,17H,6-7H2,1-3H3. The fourth-order valence-electron chi connectivity index (χ4n) is 1.83. The molecule has 6 heteroatoms. The van der Waals surface area contributed by atoms with Gasteiger partial charge in [0.25, 0.3) is 0 Å². The average Bonchev–Trinajstić information content (AvgIpc) is 2.81. The molecule has 1 heterocycles. The van der Waals surface area contributed by atoms with Crippen LogP contribution in [-0.2, 0) is 6.54 Å². The summed E-state index contributed by atoms with van der Waals surface area (Å²) >= 11 is 1.20. The van der Waals surface area contributed by atoms with Gasteiger partial charge in [0.2, 0.25) is 0 Å². The van der Waals surface area contributed by atoms with Gasteiger partial charge in [-0.25, -0.2) is 8.78 Å². The van der Waals surface area contributed by atoms with Crippen molar-refractivity contribution < 1.29 is 8.78 Å². The van der Waals surface area contributed by atoms with Gasteiger partial charge in [-0.2, -0.15) is 0 Å². The Kier molecular flexibility index (Phi) is 4.77. The summed E-state index contributed by atoms with van der Waals surface area (Å²) in [5.41, 5.74) is 0.875. The second-order valence-electron chi connectivity index (χ2n) is 5.15. The van der Waals surface area contributed by atoms with E-state index in [0.29, 0.717) is 18.2 Å². The molecule has 2 aromatic rings. The first-order chi connectivity index (χ1) is 9.49. The number of benzene rings is 1. The molecule has 0 aliphatic rings. The molecule has 0 radical (unpaired) electrons. The molecule has 0 spiro atoms. The van der Waals surface area contributed by atoms with E-state index in [0.717, 1.165) is 11.4 Å². The van der Waals surface area contributed by atoms with Crippen molar-refractivity contribution >= 4 is 11.5 Å². The predicted molar refractivity (Wildman–Crippen MR) is 76.5 cm³/mol. The molecule has 0 aliphatic heterocycles. The van der Waals surface area contributed by atoms with E-state index in [1.807, 2.05) is 0 Å². The van der Waals surface area contributed by atoms with Crippen LogP contribution < -0.4 is 5.32 Å². The maximum atomic E-state index is 14.0. The molecule has 0 amide bonds. The highest BCUT2D eigenvalue weighted by molar-refractivity contribution is 7.05. The highest BCUT2D eigenvalue weighted by Crippen LogP contribution is 2.28. The summed E-state index contributed by atoms with van der Waals surface area (Å²) < 4.78 is 31.4. The number of hydrogen-bond donors (Lipinski definition) is 1. The summed E-state index contributed by atoms with van der Waals surface area (Å²) in [7, 11) is 0. The molecule has 1 aromatic carbocycles. The lowest BCUT2D eigenvalue weighted by Gasteiger charge is -2.08. The third-order valence-electron chi connectivity index (χ3n) is 2.90. The average molecular weight is 297 g/mol. The van der Waals surface area contributed by atoms with Crippen molar-refractivity contribution in [1.29, 1.82) is 0 Å². The van der Waals surface area contributed by atoms with Gasteiger partial charge in [0.05, 0.1) is 4.88 Å². The minimum atomic E-state index is -0.471. The van der Waals surface area contributed by atoms with Crippen LogP contribution in [-0.4, -0.2) is 16.1 Å². The van der Waals surface area contributed by atoms with Crippen molar-refractivity contribution in [2.45, 2.75) is 27.3 Å². The van der Waals surface area contributed by atoms with E-state index in [4.69, 9.17) is 0 Å². The molecule has 0 atom stereocenters. The first kappa shape index (κ1) is 15.0. The lowest BCUT2D eigenvalue weighted by molar-refractivity contribution is 0.554. The number of halogens is 2. The Morgan fingerprint density at radius 2 is 2.00 bits per heavy atom. The van der Waals surface area contributed by atoms with E-state index < -0.39 is 11.6 Å². The summed E-state index contributed by atoms with van der Waals surface area (Å²) in [6.07, 6.45) is 0. The van der Waals surface area contributed by atoms with Gasteiger partial charge in [0.15, 0.2) is 0 Å². The quantitative estimate of drug-likeness (QED) is 0.917. The van der Waals surface area contributed by atoms with Crippen LogP contribution in [0, 0.1) is 24.5 Å². The molecule has 0 aliphatic carbocycles. The van der Waals surface area contributed by atoms with Gasteiger partial charge in [-0.15, -0.1) is 5.10 Å². The van der Waals surface area contributed by atoms with Gasteiger partial charge in [0, 0.05) is 12.1 Å². The second-order valence-corrected chi connectivity index (χ2v) is 5.99. The zero-order valence-corrected chi connectivity index (χ0v) is 12.5. The number of hydrogen-bond acceptors (Lipinski definition) is 4. The lowest BCUT2D eigenvalue weighted by atomic mass is 10.1. The van der Waals surface area contributed by atoms with Crippen LogP contribution in [0.5, 0.6) is 0 Å². The summed E-state index contributed by atoms with van der Waals surface area (Å²) in [5.74, 6) is -0.384. The Hall–Kier alpha value is -1.40. The van der Waals surface area contributed by atoms with Crippen molar-refractivity contribution in [1.82, 2.24) is 14.9 Å². The van der Waals surface area contributed by atoms with Crippen LogP contribution in [0.4, 0.5) is 8.78 Å². The summed E-state index contributed by atoms with van der Waals surface area (Å²) in [5, 5.41) is 7.19. The fourth-order valence-corrected chi connectivity index (χ4v) is 2.46. The molecule has 108 valence electrons. The number of aryl methyl sites for hydroxylation is 1. The fraction of sp³-hybridized carbons (Fsp3) is 0.429. The van der Waals surface area contributed by atoms with Crippen LogP contribution in [0.3, 0.4) is 0 Å². The smallest absolute Gasteiger partial charge is 0.133 e. The zero-order valence-electron chi connectivity index (χ0n) is 11.7. The largest absolute Gasteiger partial charge is 0.311 e. The Morgan fingerprint density at radius 3 is 2.70 bits per heavy atom. The number of aromatic nitrogens is 2. The van der Waals surface area contributed by atoms with Crippen molar-refractivity contribution in [2.75, 3.05) is 6.54 Å². The Morgan fingerprint density at radius 1 is 1.25 bits per heavy atom. The molecule has 0 unspecified atom stereocenters. The molecule has 0 fully saturated rings. The third-order valence-corrected chi connectivity index (χ3v) is 3.62. The van der Waals surface area contributed by atoms with Crippen molar-refractivity contribution in [3.63, 3.8) is 0 Å². The summed E-state index contributed by atoms with van der Waals surface area (Å²) in [6.45, 7) is 7.15. The highest BCUT2D eigenvalue weighted by atomic mass is 32.1. The number of nitrogens with zero attached hydrogens (tertiary/aromatic N) is 2. The first-order valence-corrected chi connectivity index (χ1v) is 7.24. The number of rotatable bonds is 5. The Balaban J connectivity index is 2.25.